The number of sulfone groups is 1. The highest BCUT2D eigenvalue weighted by Gasteiger charge is 2.25. The maximum Gasteiger partial charge on any atom is 0.328 e. The number of methoxy groups -OCH3 is 1. The first-order valence-corrected chi connectivity index (χ1v) is 15.4. The van der Waals surface area contributed by atoms with E-state index in [9.17, 15) is 26.8 Å². The Bertz CT molecular complexity index is 1640. The second kappa shape index (κ2) is 14.2. The molecule has 4 aromatic rings. The van der Waals surface area contributed by atoms with Crippen LogP contribution in [0.3, 0.4) is 0 Å². The number of carbonyl (C=O) groups is 2. The second-order valence-corrected chi connectivity index (χ2v) is 12.2. The van der Waals surface area contributed by atoms with Crippen LogP contribution in [0.15, 0.2) is 85.5 Å². The van der Waals surface area contributed by atoms with Gasteiger partial charge in [-0.25, -0.2) is 27.0 Å². The lowest BCUT2D eigenvalue weighted by molar-refractivity contribution is -0.142. The molecule has 0 aliphatic rings. The molecular weight excluding hydrogens is 580 g/mol. The minimum absolute atomic E-state index is 0.117. The zero-order chi connectivity index (χ0) is 31.0. The van der Waals surface area contributed by atoms with E-state index >= 15 is 0 Å². The summed E-state index contributed by atoms with van der Waals surface area (Å²) in [4.78, 5) is 29.8. The molecule has 43 heavy (non-hydrogen) atoms. The summed E-state index contributed by atoms with van der Waals surface area (Å²) in [6, 6.07) is 15.4. The number of halogens is 2. The van der Waals surface area contributed by atoms with Crippen LogP contribution in [0.4, 0.5) is 8.78 Å². The van der Waals surface area contributed by atoms with E-state index in [0.717, 1.165) is 18.9 Å². The number of rotatable bonds is 13. The van der Waals surface area contributed by atoms with Crippen molar-refractivity contribution in [3.8, 4) is 11.1 Å². The van der Waals surface area contributed by atoms with Gasteiger partial charge in [-0.3, -0.25) is 4.79 Å². The monoisotopic (exact) mass is 611 g/mol. The maximum atomic E-state index is 13.7. The van der Waals surface area contributed by atoms with Crippen molar-refractivity contribution in [3.05, 3.63) is 114 Å². The molecule has 4 rings (SSSR count). The molecule has 0 aliphatic heterocycles. The van der Waals surface area contributed by atoms with Crippen molar-refractivity contribution in [2.45, 2.75) is 31.7 Å². The van der Waals surface area contributed by atoms with Crippen LogP contribution in [-0.2, 0) is 37.3 Å². The summed E-state index contributed by atoms with van der Waals surface area (Å²) in [5, 5.41) is 2.58. The van der Waals surface area contributed by atoms with Crippen LogP contribution in [0.25, 0.3) is 11.1 Å². The fraction of sp³-hybridized carbons (Fsp3) is 0.258. The molecule has 226 valence electrons. The van der Waals surface area contributed by atoms with Gasteiger partial charge in [-0.15, -0.1) is 0 Å². The van der Waals surface area contributed by atoms with Gasteiger partial charge in [0.25, 0.3) is 5.91 Å². The van der Waals surface area contributed by atoms with E-state index in [-0.39, 0.29) is 30.2 Å². The molecule has 0 spiro atoms. The number of hydrogen-bond acceptors (Lipinski definition) is 7. The number of amides is 1. The Morgan fingerprint density at radius 2 is 1.67 bits per heavy atom. The number of aromatic nitrogens is 2. The van der Waals surface area contributed by atoms with Crippen LogP contribution in [0.2, 0.25) is 0 Å². The summed E-state index contributed by atoms with van der Waals surface area (Å²) in [6.45, 7) is 0.533. The number of esters is 1. The minimum Gasteiger partial charge on any atom is -0.467 e. The lowest BCUT2D eigenvalue weighted by Gasteiger charge is -2.20. The van der Waals surface area contributed by atoms with Crippen molar-refractivity contribution in [2.75, 3.05) is 19.1 Å². The van der Waals surface area contributed by atoms with Gasteiger partial charge < -0.3 is 19.4 Å². The average Bonchev–Trinajstić information content (AvgIpc) is 3.50. The highest BCUT2D eigenvalue weighted by molar-refractivity contribution is 7.90. The van der Waals surface area contributed by atoms with Crippen molar-refractivity contribution < 1.29 is 36.3 Å². The highest BCUT2D eigenvalue weighted by Crippen LogP contribution is 2.28. The van der Waals surface area contributed by atoms with E-state index in [0.29, 0.717) is 23.2 Å². The SMILES string of the molecule is COC(=O)[C@H](CCS(C)(=O)=O)NC(=O)c1ccc(COC(Cn2ccnc2)c2ccc(F)cc2)cc1-c1ccc(F)cc1. The molecule has 12 heteroatoms. The van der Waals surface area contributed by atoms with Gasteiger partial charge >= 0.3 is 5.97 Å². The van der Waals surface area contributed by atoms with Gasteiger partial charge in [0.15, 0.2) is 0 Å². The first-order chi connectivity index (χ1) is 20.5. The third kappa shape index (κ3) is 9.03. The molecule has 0 saturated carbocycles. The molecule has 0 aliphatic carbocycles. The number of nitrogens with one attached hydrogen (secondary N) is 1. The molecule has 9 nitrogen and oxygen atoms in total. The summed E-state index contributed by atoms with van der Waals surface area (Å²) in [5.74, 6) is -2.58. The van der Waals surface area contributed by atoms with Crippen molar-refractivity contribution in [1.82, 2.24) is 14.9 Å². The van der Waals surface area contributed by atoms with E-state index in [1.54, 1.807) is 49.1 Å². The largest absolute Gasteiger partial charge is 0.467 e. The van der Waals surface area contributed by atoms with Crippen LogP contribution >= 0.6 is 0 Å². The smallest absolute Gasteiger partial charge is 0.328 e. The van der Waals surface area contributed by atoms with Crippen LogP contribution in [0.5, 0.6) is 0 Å². The number of nitrogens with zero attached hydrogens (tertiary/aromatic N) is 2. The molecule has 3 aromatic carbocycles. The van der Waals surface area contributed by atoms with Gasteiger partial charge in [0, 0.05) is 24.2 Å². The molecule has 2 atom stereocenters. The Morgan fingerprint density at radius 3 is 2.28 bits per heavy atom. The molecule has 1 heterocycles. The number of ether oxygens (including phenoxy) is 2. The zero-order valence-corrected chi connectivity index (χ0v) is 24.4. The first kappa shape index (κ1) is 31.5. The fourth-order valence-corrected chi connectivity index (χ4v) is 5.09. The van der Waals surface area contributed by atoms with Gasteiger partial charge in [-0.2, -0.15) is 0 Å². The van der Waals surface area contributed by atoms with Gasteiger partial charge in [0.05, 0.1) is 32.3 Å². The van der Waals surface area contributed by atoms with Crippen molar-refractivity contribution in [1.29, 1.82) is 0 Å². The van der Waals surface area contributed by atoms with Gasteiger partial charge in [0.1, 0.15) is 33.6 Å². The number of carbonyl (C=O) groups excluding carboxylic acids is 2. The predicted molar refractivity (Wildman–Crippen MR) is 156 cm³/mol. The van der Waals surface area contributed by atoms with E-state index < -0.39 is 39.7 Å². The van der Waals surface area contributed by atoms with E-state index in [1.807, 2.05) is 4.57 Å². The molecule has 1 N–H and O–H groups in total. The molecule has 1 aromatic heterocycles. The van der Waals surface area contributed by atoms with Gasteiger partial charge in [-0.1, -0.05) is 30.3 Å². The van der Waals surface area contributed by atoms with E-state index in [4.69, 9.17) is 9.47 Å². The molecular formula is C31H31F2N3O6S. The topological polar surface area (TPSA) is 117 Å². The molecule has 1 amide bonds. The van der Waals surface area contributed by atoms with Crippen LogP contribution in [0, 0.1) is 11.6 Å². The summed E-state index contributed by atoms with van der Waals surface area (Å²) in [7, 11) is -2.26. The van der Waals surface area contributed by atoms with Crippen LogP contribution in [0.1, 0.15) is 34.0 Å². The minimum atomic E-state index is -3.41. The zero-order valence-electron chi connectivity index (χ0n) is 23.6. The normalized spacial score (nSPS) is 12.8. The van der Waals surface area contributed by atoms with Crippen LogP contribution < -0.4 is 5.32 Å². The van der Waals surface area contributed by atoms with E-state index in [1.165, 1.54) is 36.4 Å². The Kier molecular flexibility index (Phi) is 10.4. The Balaban J connectivity index is 1.61. The predicted octanol–water partition coefficient (Wildman–Crippen LogP) is 4.49. The van der Waals surface area contributed by atoms with Gasteiger partial charge in [0.2, 0.25) is 0 Å². The Hall–Kier alpha value is -4.42. The number of benzene rings is 3. The molecule has 0 saturated heterocycles. The molecule has 0 radical (unpaired) electrons. The summed E-state index contributed by atoms with van der Waals surface area (Å²) in [6.07, 6.45) is 5.49. The maximum absolute atomic E-state index is 13.7. The molecule has 1 unspecified atom stereocenters. The molecule has 0 bridgehead atoms. The number of imidazole rings is 1. The lowest BCUT2D eigenvalue weighted by atomic mass is 9.96. The van der Waals surface area contributed by atoms with Crippen LogP contribution in [-0.4, -0.2) is 55.0 Å². The molecule has 0 fully saturated rings. The van der Waals surface area contributed by atoms with Crippen molar-refractivity contribution in [3.63, 3.8) is 0 Å². The lowest BCUT2D eigenvalue weighted by Crippen LogP contribution is -2.42. The first-order valence-electron chi connectivity index (χ1n) is 13.3. The quantitative estimate of drug-likeness (QED) is 0.222. The van der Waals surface area contributed by atoms with Crippen molar-refractivity contribution in [2.24, 2.45) is 0 Å². The third-order valence-electron chi connectivity index (χ3n) is 6.68. The average molecular weight is 612 g/mol. The van der Waals surface area contributed by atoms with Crippen molar-refractivity contribution >= 4 is 21.7 Å². The Labute approximate surface area is 248 Å². The Morgan fingerprint density at radius 1 is 1.00 bits per heavy atom. The third-order valence-corrected chi connectivity index (χ3v) is 7.66. The summed E-state index contributed by atoms with van der Waals surface area (Å²) >= 11 is 0. The number of hydrogen-bond donors (Lipinski definition) is 1. The highest BCUT2D eigenvalue weighted by atomic mass is 32.2. The van der Waals surface area contributed by atoms with E-state index in [2.05, 4.69) is 10.3 Å². The standard InChI is InChI=1S/C31H31F2N3O6S/c1-41-31(38)28(13-16-43(2,39)40)35-30(37)26-12-3-21(17-27(26)22-4-8-24(32)9-5-22)19-42-29(18-36-15-14-34-20-36)23-6-10-25(33)11-7-23/h3-12,14-15,17,20,28-29H,13,16,18-19H2,1-2H3,(H,35,37)/t28-,29?/m0/s1. The second-order valence-electron chi connectivity index (χ2n) is 9.97. The fourth-order valence-electron chi connectivity index (χ4n) is 4.42. The summed E-state index contributed by atoms with van der Waals surface area (Å²) < 4.78 is 63.6. The summed E-state index contributed by atoms with van der Waals surface area (Å²) in [5.41, 5.74) is 2.60. The van der Waals surface area contributed by atoms with Gasteiger partial charge in [-0.05, 0) is 65.1 Å².